The molecular weight excluding hydrogens is 364 g/mol. The molecule has 0 aromatic heterocycles. The molecule has 1 N–H and O–H groups in total. The lowest BCUT2D eigenvalue weighted by Crippen LogP contribution is -2.56. The molecule has 5 nitrogen and oxygen atoms in total. The van der Waals surface area contributed by atoms with Gasteiger partial charge in [-0.15, -0.1) is 0 Å². The predicted molar refractivity (Wildman–Crippen MR) is 113 cm³/mol. The van der Waals surface area contributed by atoms with E-state index < -0.39 is 0 Å². The van der Waals surface area contributed by atoms with Gasteiger partial charge >= 0.3 is 0 Å². The Morgan fingerprint density at radius 3 is 2.03 bits per heavy atom. The van der Waals surface area contributed by atoms with E-state index in [0.29, 0.717) is 17.6 Å². The molecule has 4 rings (SSSR count). The number of fused-ring (bicyclic) bond motifs is 2. The average Bonchev–Trinajstić information content (AvgIpc) is 2.75. The van der Waals surface area contributed by atoms with Crippen LogP contribution in [0.1, 0.15) is 48.0 Å². The SMILES string of the molecule is COc1ccc(CN2[C@@H]3CCC[C@H]2CC(NC(=O)c2ccc(OC)cc2)C3)cc1. The molecule has 2 heterocycles. The summed E-state index contributed by atoms with van der Waals surface area (Å²) < 4.78 is 10.5. The van der Waals surface area contributed by atoms with E-state index in [2.05, 4.69) is 22.3 Å². The monoisotopic (exact) mass is 394 g/mol. The molecule has 2 aliphatic rings. The predicted octanol–water partition coefficient (Wildman–Crippen LogP) is 4.02. The fourth-order valence-corrected chi connectivity index (χ4v) is 4.81. The summed E-state index contributed by atoms with van der Waals surface area (Å²) in [6.45, 7) is 0.971. The molecule has 0 radical (unpaired) electrons. The van der Waals surface area contributed by atoms with Gasteiger partial charge in [0.15, 0.2) is 0 Å². The van der Waals surface area contributed by atoms with Crippen molar-refractivity contribution in [2.75, 3.05) is 14.2 Å². The second-order valence-electron chi connectivity index (χ2n) is 8.13. The molecule has 29 heavy (non-hydrogen) atoms. The van der Waals surface area contributed by atoms with Crippen LogP contribution in [0.3, 0.4) is 0 Å². The first-order chi connectivity index (χ1) is 14.2. The fourth-order valence-electron chi connectivity index (χ4n) is 4.81. The van der Waals surface area contributed by atoms with Gasteiger partial charge in [0, 0.05) is 30.2 Å². The molecule has 154 valence electrons. The highest BCUT2D eigenvalue weighted by Crippen LogP contribution is 2.35. The number of hydrogen-bond donors (Lipinski definition) is 1. The summed E-state index contributed by atoms with van der Waals surface area (Å²) in [5, 5.41) is 3.28. The van der Waals surface area contributed by atoms with Crippen molar-refractivity contribution in [1.82, 2.24) is 10.2 Å². The van der Waals surface area contributed by atoms with Crippen molar-refractivity contribution in [3.05, 3.63) is 59.7 Å². The molecule has 0 spiro atoms. The second kappa shape index (κ2) is 8.87. The second-order valence-corrected chi connectivity index (χ2v) is 8.13. The third-order valence-corrected chi connectivity index (χ3v) is 6.34. The van der Waals surface area contributed by atoms with Crippen molar-refractivity contribution in [2.45, 2.75) is 56.8 Å². The summed E-state index contributed by atoms with van der Waals surface area (Å²) >= 11 is 0. The third kappa shape index (κ3) is 4.56. The first-order valence-electron chi connectivity index (χ1n) is 10.5. The number of nitrogens with one attached hydrogen (secondary N) is 1. The maximum atomic E-state index is 12.7. The minimum absolute atomic E-state index is 0.0133. The number of benzene rings is 2. The number of methoxy groups -OCH3 is 2. The highest BCUT2D eigenvalue weighted by atomic mass is 16.5. The molecule has 0 saturated carbocycles. The minimum atomic E-state index is 0.0133. The van der Waals surface area contributed by atoms with Crippen LogP contribution in [0.4, 0.5) is 0 Å². The van der Waals surface area contributed by atoms with Crippen molar-refractivity contribution in [3.8, 4) is 11.5 Å². The van der Waals surface area contributed by atoms with E-state index in [-0.39, 0.29) is 11.9 Å². The van der Waals surface area contributed by atoms with E-state index in [9.17, 15) is 4.79 Å². The Bertz CT molecular complexity index is 805. The van der Waals surface area contributed by atoms with Crippen LogP contribution < -0.4 is 14.8 Å². The summed E-state index contributed by atoms with van der Waals surface area (Å²) in [4.78, 5) is 15.3. The molecule has 1 amide bonds. The van der Waals surface area contributed by atoms with Crippen molar-refractivity contribution in [2.24, 2.45) is 0 Å². The Morgan fingerprint density at radius 2 is 1.48 bits per heavy atom. The van der Waals surface area contributed by atoms with Crippen LogP contribution in [0.15, 0.2) is 48.5 Å². The van der Waals surface area contributed by atoms with Crippen molar-refractivity contribution in [1.29, 1.82) is 0 Å². The normalized spacial score (nSPS) is 24.0. The number of amides is 1. The van der Waals surface area contributed by atoms with Crippen LogP contribution in [0, 0.1) is 0 Å². The van der Waals surface area contributed by atoms with Gasteiger partial charge in [0.05, 0.1) is 14.2 Å². The molecule has 0 aliphatic carbocycles. The number of carbonyl (C=O) groups excluding carboxylic acids is 1. The van der Waals surface area contributed by atoms with Crippen LogP contribution in [-0.2, 0) is 6.54 Å². The highest BCUT2D eigenvalue weighted by molar-refractivity contribution is 5.94. The van der Waals surface area contributed by atoms with Gasteiger partial charge in [0.1, 0.15) is 11.5 Å². The van der Waals surface area contributed by atoms with E-state index in [1.807, 2.05) is 36.4 Å². The zero-order valence-electron chi connectivity index (χ0n) is 17.3. The summed E-state index contributed by atoms with van der Waals surface area (Å²) in [6, 6.07) is 17.0. The Balaban J connectivity index is 1.38. The van der Waals surface area contributed by atoms with Gasteiger partial charge in [-0.05, 0) is 67.6 Å². The molecule has 2 aromatic carbocycles. The molecule has 5 heteroatoms. The van der Waals surface area contributed by atoms with Crippen molar-refractivity contribution in [3.63, 3.8) is 0 Å². The number of ether oxygens (including phenoxy) is 2. The van der Waals surface area contributed by atoms with E-state index in [1.165, 1.54) is 24.8 Å². The van der Waals surface area contributed by atoms with Crippen molar-refractivity contribution < 1.29 is 14.3 Å². The first kappa shape index (κ1) is 19.8. The van der Waals surface area contributed by atoms with Gasteiger partial charge in [-0.2, -0.15) is 0 Å². The molecule has 3 atom stereocenters. The van der Waals surface area contributed by atoms with E-state index in [0.717, 1.165) is 30.9 Å². The van der Waals surface area contributed by atoms with Gasteiger partial charge in [-0.1, -0.05) is 18.6 Å². The third-order valence-electron chi connectivity index (χ3n) is 6.34. The van der Waals surface area contributed by atoms with E-state index in [1.54, 1.807) is 14.2 Å². The Hall–Kier alpha value is -2.53. The Morgan fingerprint density at radius 1 is 0.931 bits per heavy atom. The number of rotatable bonds is 6. The van der Waals surface area contributed by atoms with Crippen molar-refractivity contribution >= 4 is 5.91 Å². The summed E-state index contributed by atoms with van der Waals surface area (Å²) in [5.41, 5.74) is 2.01. The summed E-state index contributed by atoms with van der Waals surface area (Å²) in [7, 11) is 3.33. The maximum Gasteiger partial charge on any atom is 0.251 e. The quantitative estimate of drug-likeness (QED) is 0.804. The fraction of sp³-hybridized carbons (Fsp3) is 0.458. The van der Waals surface area contributed by atoms with Gasteiger partial charge in [0.25, 0.3) is 5.91 Å². The van der Waals surface area contributed by atoms with Gasteiger partial charge in [-0.3, -0.25) is 9.69 Å². The number of nitrogens with zero attached hydrogens (tertiary/aromatic N) is 1. The molecule has 2 aromatic rings. The van der Waals surface area contributed by atoms with Crippen LogP contribution in [0.5, 0.6) is 11.5 Å². The lowest BCUT2D eigenvalue weighted by molar-refractivity contribution is 0.0177. The summed E-state index contributed by atoms with van der Waals surface area (Å²) in [5.74, 6) is 1.68. The van der Waals surface area contributed by atoms with Crippen LogP contribution in [0.2, 0.25) is 0 Å². The maximum absolute atomic E-state index is 12.7. The van der Waals surface area contributed by atoms with Gasteiger partial charge in [0.2, 0.25) is 0 Å². The number of hydrogen-bond acceptors (Lipinski definition) is 4. The van der Waals surface area contributed by atoms with E-state index in [4.69, 9.17) is 9.47 Å². The van der Waals surface area contributed by atoms with E-state index >= 15 is 0 Å². The molecule has 1 unspecified atom stereocenters. The average molecular weight is 395 g/mol. The molecular formula is C24H30N2O3. The van der Waals surface area contributed by atoms with Gasteiger partial charge in [-0.25, -0.2) is 0 Å². The molecule has 2 bridgehead atoms. The lowest BCUT2D eigenvalue weighted by Gasteiger charge is -2.49. The number of piperidine rings is 2. The standard InChI is InChI=1S/C24H30N2O3/c1-28-22-10-6-17(7-11-22)16-26-20-4-3-5-21(26)15-19(14-20)25-24(27)18-8-12-23(29-2)13-9-18/h6-13,19-21H,3-5,14-16H2,1-2H3,(H,25,27)/t19?,20-,21+. The smallest absolute Gasteiger partial charge is 0.251 e. The zero-order valence-corrected chi connectivity index (χ0v) is 17.3. The van der Waals surface area contributed by atoms with Crippen LogP contribution in [0.25, 0.3) is 0 Å². The Labute approximate surface area is 173 Å². The zero-order chi connectivity index (χ0) is 20.2. The molecule has 2 fully saturated rings. The topological polar surface area (TPSA) is 50.8 Å². The van der Waals surface area contributed by atoms with Crippen LogP contribution in [-0.4, -0.2) is 43.2 Å². The molecule has 2 aliphatic heterocycles. The van der Waals surface area contributed by atoms with Gasteiger partial charge < -0.3 is 14.8 Å². The number of carbonyl (C=O) groups is 1. The lowest BCUT2D eigenvalue weighted by atomic mass is 9.81. The summed E-state index contributed by atoms with van der Waals surface area (Å²) in [6.07, 6.45) is 5.75. The Kier molecular flexibility index (Phi) is 6.05. The largest absolute Gasteiger partial charge is 0.497 e. The van der Waals surface area contributed by atoms with Crippen LogP contribution >= 0.6 is 0 Å². The first-order valence-corrected chi connectivity index (χ1v) is 10.5. The molecule has 2 saturated heterocycles. The minimum Gasteiger partial charge on any atom is -0.497 e. The highest BCUT2D eigenvalue weighted by Gasteiger charge is 2.38.